The van der Waals surface area contributed by atoms with Gasteiger partial charge in [0.2, 0.25) is 0 Å². The molecule has 1 amide bonds. The lowest BCUT2D eigenvalue weighted by molar-refractivity contribution is -0.146. The van der Waals surface area contributed by atoms with Crippen LogP contribution in [0.4, 0.5) is 4.79 Å². The first-order valence-electron chi connectivity index (χ1n) is 11.2. The summed E-state index contributed by atoms with van der Waals surface area (Å²) in [7, 11) is 0. The molecule has 1 atom stereocenters. The van der Waals surface area contributed by atoms with E-state index in [9.17, 15) is 9.59 Å². The molecule has 0 fully saturated rings. The Morgan fingerprint density at radius 2 is 1.48 bits per heavy atom. The summed E-state index contributed by atoms with van der Waals surface area (Å²) in [5.74, 6) is 2.56. The van der Waals surface area contributed by atoms with Gasteiger partial charge in [0.05, 0.1) is 6.61 Å². The Bertz CT molecular complexity index is 451. The first-order valence-corrected chi connectivity index (χ1v) is 12.6. The van der Waals surface area contributed by atoms with Crippen LogP contribution in [0, 0.1) is 12.3 Å². The summed E-state index contributed by atoms with van der Waals surface area (Å²) in [5, 5.41) is 2.54. The average molecular weight is 428 g/mol. The molecule has 0 aliphatic heterocycles. The predicted molar refractivity (Wildman–Crippen MR) is 122 cm³/mol. The van der Waals surface area contributed by atoms with E-state index in [1.165, 1.54) is 64.2 Å². The quantitative estimate of drug-likeness (QED) is 0.162. The lowest BCUT2D eigenvalue weighted by Gasteiger charge is -2.16. The molecular formula is C23H41NO4S. The molecule has 0 rings (SSSR count). The number of esters is 1. The number of terminal acetylenes is 1. The second kappa shape index (κ2) is 21.4. The summed E-state index contributed by atoms with van der Waals surface area (Å²) in [5.41, 5.74) is 0. The van der Waals surface area contributed by atoms with E-state index in [0.717, 1.165) is 18.6 Å². The van der Waals surface area contributed by atoms with Crippen LogP contribution in [0.25, 0.3) is 0 Å². The van der Waals surface area contributed by atoms with Gasteiger partial charge in [-0.1, -0.05) is 83.5 Å². The highest BCUT2D eigenvalue weighted by Gasteiger charge is 2.22. The Hall–Kier alpha value is -1.35. The highest BCUT2D eigenvalue weighted by molar-refractivity contribution is 7.98. The largest absolute Gasteiger partial charge is 0.464 e. The summed E-state index contributed by atoms with van der Waals surface area (Å²) in [4.78, 5) is 23.8. The number of hydrogen-bond acceptors (Lipinski definition) is 5. The first kappa shape index (κ1) is 27.6. The standard InChI is InChI=1S/C23H41NO4S/c1-4-6-7-8-9-10-11-12-13-14-15-16-19-27-22(25)21(17-20-29-3)24-23(26)28-18-5-2/h2,21H,4,6-20H2,1,3H3,(H,24,26). The van der Waals surface area contributed by atoms with Gasteiger partial charge in [0.1, 0.15) is 6.04 Å². The molecular weight excluding hydrogens is 386 g/mol. The van der Waals surface area contributed by atoms with Crippen molar-refractivity contribution >= 4 is 23.8 Å². The van der Waals surface area contributed by atoms with Crippen molar-refractivity contribution in [2.75, 3.05) is 25.2 Å². The summed E-state index contributed by atoms with van der Waals surface area (Å²) in [6, 6.07) is -0.690. The number of unbranched alkanes of at least 4 members (excludes halogenated alkanes) is 11. The van der Waals surface area contributed by atoms with Gasteiger partial charge in [-0.3, -0.25) is 0 Å². The number of thioether (sulfide) groups is 1. The van der Waals surface area contributed by atoms with Gasteiger partial charge in [-0.2, -0.15) is 11.8 Å². The lowest BCUT2D eigenvalue weighted by atomic mass is 10.1. The van der Waals surface area contributed by atoms with Gasteiger partial charge >= 0.3 is 12.1 Å². The highest BCUT2D eigenvalue weighted by atomic mass is 32.2. The van der Waals surface area contributed by atoms with Crippen molar-refractivity contribution < 1.29 is 19.1 Å². The number of carbonyl (C=O) groups excluding carboxylic acids is 2. The minimum atomic E-state index is -0.690. The molecule has 1 unspecified atom stereocenters. The van der Waals surface area contributed by atoms with Crippen LogP contribution < -0.4 is 5.32 Å². The smallest absolute Gasteiger partial charge is 0.408 e. The number of alkyl carbamates (subject to hydrolysis) is 1. The maximum Gasteiger partial charge on any atom is 0.408 e. The molecule has 0 aliphatic rings. The molecule has 6 heteroatoms. The monoisotopic (exact) mass is 427 g/mol. The molecule has 0 bridgehead atoms. The number of hydrogen-bond donors (Lipinski definition) is 1. The summed E-state index contributed by atoms with van der Waals surface area (Å²) in [6.45, 7) is 2.53. The molecule has 0 heterocycles. The number of nitrogens with one attached hydrogen (secondary N) is 1. The van der Waals surface area contributed by atoms with E-state index in [4.69, 9.17) is 15.9 Å². The van der Waals surface area contributed by atoms with E-state index in [2.05, 4.69) is 18.2 Å². The summed E-state index contributed by atoms with van der Waals surface area (Å²) < 4.78 is 10.1. The van der Waals surface area contributed by atoms with Gasteiger partial charge in [-0.25, -0.2) is 9.59 Å². The zero-order chi connectivity index (χ0) is 21.6. The maximum atomic E-state index is 12.2. The van der Waals surface area contributed by atoms with Crippen LogP contribution in [0.1, 0.15) is 90.4 Å². The molecule has 0 saturated heterocycles. The highest BCUT2D eigenvalue weighted by Crippen LogP contribution is 2.12. The number of rotatable bonds is 19. The van der Waals surface area contributed by atoms with Gasteiger partial charge in [0.25, 0.3) is 0 Å². The molecule has 0 aromatic rings. The normalized spacial score (nSPS) is 11.5. The van der Waals surface area contributed by atoms with Gasteiger partial charge in [-0.15, -0.1) is 6.42 Å². The number of amides is 1. The van der Waals surface area contributed by atoms with Gasteiger partial charge in [0.15, 0.2) is 6.61 Å². The molecule has 0 spiro atoms. The van der Waals surface area contributed by atoms with Gasteiger partial charge in [-0.05, 0) is 24.9 Å². The van der Waals surface area contributed by atoms with Crippen LogP contribution in [0.5, 0.6) is 0 Å². The van der Waals surface area contributed by atoms with Crippen molar-refractivity contribution in [1.29, 1.82) is 0 Å². The number of ether oxygens (including phenoxy) is 2. The van der Waals surface area contributed by atoms with Crippen molar-refractivity contribution in [3.63, 3.8) is 0 Å². The number of carbonyl (C=O) groups is 2. The van der Waals surface area contributed by atoms with Gasteiger partial charge < -0.3 is 14.8 Å². The lowest BCUT2D eigenvalue weighted by Crippen LogP contribution is -2.42. The van der Waals surface area contributed by atoms with E-state index in [0.29, 0.717) is 13.0 Å². The molecule has 1 N–H and O–H groups in total. The fourth-order valence-electron chi connectivity index (χ4n) is 2.99. The molecule has 0 aliphatic carbocycles. The third kappa shape index (κ3) is 18.4. The van der Waals surface area contributed by atoms with Gasteiger partial charge in [0, 0.05) is 0 Å². The zero-order valence-corrected chi connectivity index (χ0v) is 19.3. The van der Waals surface area contributed by atoms with Crippen LogP contribution in [-0.2, 0) is 14.3 Å². The Balaban J connectivity index is 3.73. The molecule has 29 heavy (non-hydrogen) atoms. The molecule has 168 valence electrons. The molecule has 0 saturated carbocycles. The topological polar surface area (TPSA) is 64.6 Å². The first-order chi connectivity index (χ1) is 14.2. The third-order valence-electron chi connectivity index (χ3n) is 4.72. The SMILES string of the molecule is C#CCOC(=O)NC(CCSC)C(=O)OCCCCCCCCCCCCCC. The van der Waals surface area contributed by atoms with Crippen molar-refractivity contribution in [2.45, 2.75) is 96.4 Å². The van der Waals surface area contributed by atoms with Crippen molar-refractivity contribution in [3.8, 4) is 12.3 Å². The van der Waals surface area contributed by atoms with Crippen LogP contribution in [0.3, 0.4) is 0 Å². The minimum Gasteiger partial charge on any atom is -0.464 e. The second-order valence-electron chi connectivity index (χ2n) is 7.32. The van der Waals surface area contributed by atoms with Crippen molar-refractivity contribution in [2.24, 2.45) is 0 Å². The summed E-state index contributed by atoms with van der Waals surface area (Å²) in [6.07, 6.45) is 22.0. The van der Waals surface area contributed by atoms with Crippen molar-refractivity contribution in [3.05, 3.63) is 0 Å². The molecule has 0 aromatic carbocycles. The van der Waals surface area contributed by atoms with E-state index in [1.807, 2.05) is 6.26 Å². The molecule has 5 nitrogen and oxygen atoms in total. The van der Waals surface area contributed by atoms with Crippen molar-refractivity contribution in [1.82, 2.24) is 5.32 Å². The minimum absolute atomic E-state index is 0.116. The Morgan fingerprint density at radius 3 is 2.00 bits per heavy atom. The Labute approximate surface area is 182 Å². The fourth-order valence-corrected chi connectivity index (χ4v) is 3.46. The van der Waals surface area contributed by atoms with Crippen LogP contribution in [0.15, 0.2) is 0 Å². The summed E-state index contributed by atoms with van der Waals surface area (Å²) >= 11 is 1.61. The van der Waals surface area contributed by atoms with Crippen LogP contribution in [-0.4, -0.2) is 43.3 Å². The van der Waals surface area contributed by atoms with E-state index in [-0.39, 0.29) is 6.61 Å². The Kier molecular flexibility index (Phi) is 20.4. The van der Waals surface area contributed by atoms with E-state index < -0.39 is 18.1 Å². The average Bonchev–Trinajstić information content (AvgIpc) is 2.72. The second-order valence-corrected chi connectivity index (χ2v) is 8.30. The van der Waals surface area contributed by atoms with E-state index >= 15 is 0 Å². The predicted octanol–water partition coefficient (Wildman–Crippen LogP) is 5.71. The molecule has 0 radical (unpaired) electrons. The maximum absolute atomic E-state index is 12.2. The zero-order valence-electron chi connectivity index (χ0n) is 18.5. The fraction of sp³-hybridized carbons (Fsp3) is 0.826. The third-order valence-corrected chi connectivity index (χ3v) is 5.36. The van der Waals surface area contributed by atoms with Crippen LogP contribution in [0.2, 0.25) is 0 Å². The Morgan fingerprint density at radius 1 is 0.931 bits per heavy atom. The van der Waals surface area contributed by atoms with E-state index in [1.54, 1.807) is 11.8 Å². The van der Waals surface area contributed by atoms with Crippen LogP contribution >= 0.6 is 11.8 Å². The molecule has 0 aromatic heterocycles.